The molecule has 0 fully saturated rings. The van der Waals surface area contributed by atoms with E-state index in [0.717, 1.165) is 58.1 Å². The maximum atomic E-state index is 12.9. The third-order valence-corrected chi connectivity index (χ3v) is 7.77. The number of esters is 1. The second-order valence-corrected chi connectivity index (χ2v) is 9.94. The number of rotatable bonds is 7. The molecule has 1 aliphatic rings. The Labute approximate surface area is 195 Å². The van der Waals surface area contributed by atoms with Crippen molar-refractivity contribution >= 4 is 40.8 Å². The van der Waals surface area contributed by atoms with E-state index >= 15 is 0 Å². The number of carbonyl (C=O) groups excluding carboxylic acids is 2. The van der Waals surface area contributed by atoms with E-state index in [1.165, 1.54) is 4.88 Å². The van der Waals surface area contributed by atoms with Crippen LogP contribution in [0.2, 0.25) is 0 Å². The van der Waals surface area contributed by atoms with Crippen LogP contribution in [0.25, 0.3) is 5.00 Å². The topological polar surface area (TPSA) is 72.7 Å². The SMILES string of the molecule is CCOC(=O)c1c(-n2c(C)cc(/C=N\NC(=O)Cc3cccs3)c2C)sc2c1CCCC2. The van der Waals surface area contributed by atoms with Gasteiger partial charge in [-0.05, 0) is 69.5 Å². The number of fused-ring (bicyclic) bond motifs is 1. The number of thiophene rings is 2. The normalized spacial score (nSPS) is 13.3. The highest BCUT2D eigenvalue weighted by molar-refractivity contribution is 7.15. The molecule has 1 amide bonds. The summed E-state index contributed by atoms with van der Waals surface area (Å²) in [5, 5.41) is 7.04. The third kappa shape index (κ3) is 4.56. The van der Waals surface area contributed by atoms with Crippen LogP contribution in [-0.2, 0) is 28.8 Å². The first-order valence-corrected chi connectivity index (χ1v) is 12.5. The van der Waals surface area contributed by atoms with Crippen molar-refractivity contribution < 1.29 is 14.3 Å². The molecule has 0 aliphatic heterocycles. The number of nitrogens with one attached hydrogen (secondary N) is 1. The van der Waals surface area contributed by atoms with Crippen LogP contribution in [0.3, 0.4) is 0 Å². The Morgan fingerprint density at radius 3 is 2.84 bits per heavy atom. The van der Waals surface area contributed by atoms with Gasteiger partial charge in [-0.15, -0.1) is 22.7 Å². The monoisotopic (exact) mass is 469 g/mol. The molecule has 0 saturated heterocycles. The molecular weight excluding hydrogens is 442 g/mol. The predicted octanol–water partition coefficient (Wildman–Crippen LogP) is 4.97. The highest BCUT2D eigenvalue weighted by atomic mass is 32.1. The standard InChI is InChI=1S/C24H27N3O3S2/c1-4-30-24(29)22-19-9-5-6-10-20(19)32-23(22)27-15(2)12-17(16(27)3)14-25-26-21(28)13-18-8-7-11-31-18/h7-8,11-12,14H,4-6,9-10,13H2,1-3H3,(H,26,28)/b25-14-. The minimum Gasteiger partial charge on any atom is -0.462 e. The summed E-state index contributed by atoms with van der Waals surface area (Å²) in [4.78, 5) is 27.3. The first-order chi connectivity index (χ1) is 15.5. The second-order valence-electron chi connectivity index (χ2n) is 7.82. The molecule has 0 unspecified atom stereocenters. The van der Waals surface area contributed by atoms with E-state index in [1.54, 1.807) is 28.9 Å². The van der Waals surface area contributed by atoms with Crippen molar-refractivity contribution in [1.82, 2.24) is 9.99 Å². The van der Waals surface area contributed by atoms with Crippen LogP contribution >= 0.6 is 22.7 Å². The average Bonchev–Trinajstić information content (AvgIpc) is 3.46. The fourth-order valence-electron chi connectivity index (χ4n) is 4.14. The second kappa shape index (κ2) is 9.83. The molecule has 0 aromatic carbocycles. The van der Waals surface area contributed by atoms with Crippen molar-refractivity contribution in [3.05, 3.63) is 61.4 Å². The Balaban J connectivity index is 1.61. The lowest BCUT2D eigenvalue weighted by Gasteiger charge is -2.13. The van der Waals surface area contributed by atoms with Crippen molar-refractivity contribution in [3.63, 3.8) is 0 Å². The molecule has 0 bridgehead atoms. The number of nitrogens with zero attached hydrogens (tertiary/aromatic N) is 2. The molecule has 3 heterocycles. The first-order valence-electron chi connectivity index (χ1n) is 10.8. The minimum atomic E-state index is -0.245. The molecule has 0 saturated carbocycles. The molecule has 8 heteroatoms. The summed E-state index contributed by atoms with van der Waals surface area (Å²) in [5.41, 5.74) is 7.36. The molecule has 0 spiro atoms. The zero-order valence-electron chi connectivity index (χ0n) is 18.6. The van der Waals surface area contributed by atoms with Crippen LogP contribution in [-0.4, -0.2) is 29.3 Å². The van der Waals surface area contributed by atoms with Crippen LogP contribution < -0.4 is 5.43 Å². The molecule has 0 radical (unpaired) electrons. The Morgan fingerprint density at radius 1 is 1.28 bits per heavy atom. The van der Waals surface area contributed by atoms with Gasteiger partial charge in [0.05, 0.1) is 24.8 Å². The third-order valence-electron chi connectivity index (χ3n) is 5.61. The highest BCUT2D eigenvalue weighted by Gasteiger charge is 2.28. The fraction of sp³-hybridized carbons (Fsp3) is 0.375. The number of aromatic nitrogens is 1. The summed E-state index contributed by atoms with van der Waals surface area (Å²) in [6.45, 7) is 6.22. The van der Waals surface area contributed by atoms with Gasteiger partial charge in [0, 0.05) is 26.7 Å². The summed E-state index contributed by atoms with van der Waals surface area (Å²) in [5.74, 6) is -0.390. The number of amides is 1. The van der Waals surface area contributed by atoms with Gasteiger partial charge >= 0.3 is 5.97 Å². The van der Waals surface area contributed by atoms with Crippen LogP contribution in [0.15, 0.2) is 28.7 Å². The molecule has 1 N–H and O–H groups in total. The summed E-state index contributed by atoms with van der Waals surface area (Å²) < 4.78 is 7.53. The number of carbonyl (C=O) groups is 2. The Morgan fingerprint density at radius 2 is 2.09 bits per heavy atom. The maximum Gasteiger partial charge on any atom is 0.341 e. The Kier molecular flexibility index (Phi) is 6.91. The lowest BCUT2D eigenvalue weighted by Crippen LogP contribution is -2.19. The molecule has 6 nitrogen and oxygen atoms in total. The van der Waals surface area contributed by atoms with Gasteiger partial charge < -0.3 is 9.30 Å². The van der Waals surface area contributed by atoms with Gasteiger partial charge in [0.15, 0.2) is 0 Å². The Hall–Kier alpha value is -2.71. The van der Waals surface area contributed by atoms with Gasteiger partial charge in [-0.1, -0.05) is 6.07 Å². The van der Waals surface area contributed by atoms with E-state index in [0.29, 0.717) is 18.6 Å². The smallest absolute Gasteiger partial charge is 0.341 e. The summed E-state index contributed by atoms with van der Waals surface area (Å²) in [6.07, 6.45) is 6.17. The molecule has 3 aromatic rings. The molecule has 4 rings (SSSR count). The zero-order chi connectivity index (χ0) is 22.7. The van der Waals surface area contributed by atoms with Gasteiger partial charge in [0.1, 0.15) is 5.00 Å². The van der Waals surface area contributed by atoms with Gasteiger partial charge in [-0.3, -0.25) is 4.79 Å². The van der Waals surface area contributed by atoms with Crippen LogP contribution in [0, 0.1) is 13.8 Å². The number of hydrogen-bond acceptors (Lipinski definition) is 6. The summed E-state index contributed by atoms with van der Waals surface area (Å²) in [6, 6.07) is 5.89. The lowest BCUT2D eigenvalue weighted by atomic mass is 9.95. The molecule has 32 heavy (non-hydrogen) atoms. The summed E-state index contributed by atoms with van der Waals surface area (Å²) in [7, 11) is 0. The van der Waals surface area contributed by atoms with Crippen molar-refractivity contribution in [1.29, 1.82) is 0 Å². The maximum absolute atomic E-state index is 12.9. The van der Waals surface area contributed by atoms with Crippen molar-refractivity contribution in [2.45, 2.75) is 52.9 Å². The number of hydrogen-bond donors (Lipinski definition) is 1. The number of ether oxygens (including phenoxy) is 1. The molecule has 3 aromatic heterocycles. The van der Waals surface area contributed by atoms with Crippen LogP contribution in [0.4, 0.5) is 0 Å². The van der Waals surface area contributed by atoms with E-state index in [4.69, 9.17) is 4.74 Å². The highest BCUT2D eigenvalue weighted by Crippen LogP contribution is 2.39. The van der Waals surface area contributed by atoms with Gasteiger partial charge in [0.2, 0.25) is 5.91 Å². The zero-order valence-corrected chi connectivity index (χ0v) is 20.2. The fourth-order valence-corrected chi connectivity index (χ4v) is 6.33. The largest absolute Gasteiger partial charge is 0.462 e. The number of aryl methyl sites for hydroxylation is 2. The molecule has 168 valence electrons. The van der Waals surface area contributed by atoms with Crippen molar-refractivity contribution in [2.24, 2.45) is 5.10 Å². The van der Waals surface area contributed by atoms with Gasteiger partial charge in [-0.2, -0.15) is 5.10 Å². The van der Waals surface area contributed by atoms with Gasteiger partial charge in [-0.25, -0.2) is 10.2 Å². The number of hydrazone groups is 1. The first kappa shape index (κ1) is 22.5. The van der Waals surface area contributed by atoms with E-state index in [2.05, 4.69) is 15.1 Å². The van der Waals surface area contributed by atoms with Crippen molar-refractivity contribution in [3.8, 4) is 5.00 Å². The Bertz CT molecular complexity index is 1160. The van der Waals surface area contributed by atoms with E-state index in [1.807, 2.05) is 44.4 Å². The van der Waals surface area contributed by atoms with E-state index in [9.17, 15) is 9.59 Å². The predicted molar refractivity (Wildman–Crippen MR) is 129 cm³/mol. The van der Waals surface area contributed by atoms with Crippen LogP contribution in [0.5, 0.6) is 0 Å². The van der Waals surface area contributed by atoms with E-state index in [-0.39, 0.29) is 11.9 Å². The van der Waals surface area contributed by atoms with E-state index < -0.39 is 0 Å². The average molecular weight is 470 g/mol. The minimum absolute atomic E-state index is 0.145. The molecule has 1 aliphatic carbocycles. The summed E-state index contributed by atoms with van der Waals surface area (Å²) >= 11 is 3.24. The van der Waals surface area contributed by atoms with Gasteiger partial charge in [0.25, 0.3) is 0 Å². The quantitative estimate of drug-likeness (QED) is 0.302. The van der Waals surface area contributed by atoms with Crippen LogP contribution in [0.1, 0.15) is 62.4 Å². The molecular formula is C24H27N3O3S2. The van der Waals surface area contributed by atoms with Crippen molar-refractivity contribution in [2.75, 3.05) is 6.61 Å². The molecule has 0 atom stereocenters. The lowest BCUT2D eigenvalue weighted by molar-refractivity contribution is -0.120.